The molecule has 0 atom stereocenters. The van der Waals surface area contributed by atoms with Gasteiger partial charge >= 0.3 is 0 Å². The van der Waals surface area contributed by atoms with Gasteiger partial charge in [0.25, 0.3) is 5.91 Å². The minimum Gasteiger partial charge on any atom is -0.351 e. The second-order valence-corrected chi connectivity index (χ2v) is 6.79. The van der Waals surface area contributed by atoms with Crippen molar-refractivity contribution < 1.29 is 4.79 Å². The number of amides is 1. The topological polar surface area (TPSA) is 32.3 Å². The van der Waals surface area contributed by atoms with Gasteiger partial charge in [0.05, 0.1) is 0 Å². The second-order valence-electron chi connectivity index (χ2n) is 5.44. The van der Waals surface area contributed by atoms with Crippen molar-refractivity contribution in [1.82, 2.24) is 10.2 Å². The van der Waals surface area contributed by atoms with E-state index in [1.165, 1.54) is 12.8 Å². The lowest BCUT2D eigenvalue weighted by atomic mass is 9.99. The molecular formula is C15H20BrClN2O. The van der Waals surface area contributed by atoms with Gasteiger partial charge < -0.3 is 10.2 Å². The van der Waals surface area contributed by atoms with E-state index in [4.69, 9.17) is 11.6 Å². The molecule has 1 amide bonds. The Balaban J connectivity index is 1.77. The molecule has 1 N–H and O–H groups in total. The predicted octanol–water partition coefficient (Wildman–Crippen LogP) is 3.56. The molecule has 0 spiro atoms. The average Bonchev–Trinajstić information content (AvgIpc) is 2.40. The predicted molar refractivity (Wildman–Crippen MR) is 86.3 cm³/mol. The molecule has 1 aliphatic heterocycles. The zero-order valence-electron chi connectivity index (χ0n) is 11.7. The first kappa shape index (κ1) is 15.8. The molecule has 1 aromatic rings. The molecule has 1 aliphatic rings. The highest BCUT2D eigenvalue weighted by molar-refractivity contribution is 9.10. The molecule has 1 fully saturated rings. The van der Waals surface area contributed by atoms with Crippen molar-refractivity contribution >= 4 is 33.4 Å². The Labute approximate surface area is 133 Å². The van der Waals surface area contributed by atoms with E-state index < -0.39 is 0 Å². The van der Waals surface area contributed by atoms with Crippen LogP contribution in [0.25, 0.3) is 0 Å². The fourth-order valence-corrected chi connectivity index (χ4v) is 3.26. The highest BCUT2D eigenvalue weighted by Crippen LogP contribution is 2.19. The normalized spacial score (nSPS) is 17.1. The Morgan fingerprint density at radius 1 is 1.40 bits per heavy atom. The Morgan fingerprint density at radius 3 is 2.75 bits per heavy atom. The average molecular weight is 360 g/mol. The van der Waals surface area contributed by atoms with Crippen LogP contribution < -0.4 is 5.32 Å². The van der Waals surface area contributed by atoms with Crippen LogP contribution in [0.4, 0.5) is 0 Å². The lowest BCUT2D eigenvalue weighted by molar-refractivity contribution is 0.0944. The number of halogens is 2. The summed E-state index contributed by atoms with van der Waals surface area (Å²) in [5.74, 6) is 0.767. The largest absolute Gasteiger partial charge is 0.351 e. The highest BCUT2D eigenvalue weighted by Gasteiger charge is 2.15. The first-order valence-electron chi connectivity index (χ1n) is 7.01. The number of carbonyl (C=O) groups excluding carboxylic acids is 1. The summed E-state index contributed by atoms with van der Waals surface area (Å²) in [4.78, 5) is 14.4. The van der Waals surface area contributed by atoms with Gasteiger partial charge in [-0.25, -0.2) is 0 Å². The SMILES string of the molecule is CC1CCN(CCNC(=O)c2cc(Cl)cc(Br)c2)CC1. The second kappa shape index (κ2) is 7.43. The van der Waals surface area contributed by atoms with E-state index in [-0.39, 0.29) is 5.91 Å². The van der Waals surface area contributed by atoms with Crippen molar-refractivity contribution in [3.05, 3.63) is 33.3 Å². The molecule has 0 radical (unpaired) electrons. The van der Waals surface area contributed by atoms with E-state index in [2.05, 4.69) is 33.1 Å². The summed E-state index contributed by atoms with van der Waals surface area (Å²) in [5, 5.41) is 3.52. The third-order valence-corrected chi connectivity index (χ3v) is 4.39. The van der Waals surface area contributed by atoms with Crippen molar-refractivity contribution in [2.24, 2.45) is 5.92 Å². The Morgan fingerprint density at radius 2 is 2.10 bits per heavy atom. The molecule has 0 saturated carbocycles. The van der Waals surface area contributed by atoms with Crippen molar-refractivity contribution in [3.8, 4) is 0 Å². The van der Waals surface area contributed by atoms with Crippen LogP contribution in [-0.2, 0) is 0 Å². The van der Waals surface area contributed by atoms with E-state index in [1.807, 2.05) is 0 Å². The van der Waals surface area contributed by atoms with E-state index in [0.717, 1.165) is 30.0 Å². The van der Waals surface area contributed by atoms with Gasteiger partial charge in [0.2, 0.25) is 0 Å². The maximum Gasteiger partial charge on any atom is 0.251 e. The maximum atomic E-state index is 12.0. The number of hydrogen-bond acceptors (Lipinski definition) is 2. The van der Waals surface area contributed by atoms with Crippen LogP contribution in [0.2, 0.25) is 5.02 Å². The standard InChI is InChI=1S/C15H20BrClN2O/c1-11-2-5-19(6-3-11)7-4-18-15(20)12-8-13(16)10-14(17)9-12/h8-11H,2-7H2,1H3,(H,18,20). The Kier molecular flexibility index (Phi) is 5.87. The van der Waals surface area contributed by atoms with Gasteiger partial charge in [-0.05, 0) is 50.0 Å². The molecule has 110 valence electrons. The molecule has 3 nitrogen and oxygen atoms in total. The first-order chi connectivity index (χ1) is 9.54. The Hall–Kier alpha value is -0.580. The van der Waals surface area contributed by atoms with Crippen molar-refractivity contribution in [2.45, 2.75) is 19.8 Å². The summed E-state index contributed by atoms with van der Waals surface area (Å²) in [6, 6.07) is 5.24. The third kappa shape index (κ3) is 4.76. The molecular weight excluding hydrogens is 340 g/mol. The van der Waals surface area contributed by atoms with E-state index in [9.17, 15) is 4.79 Å². The van der Waals surface area contributed by atoms with E-state index in [0.29, 0.717) is 17.1 Å². The summed E-state index contributed by atoms with van der Waals surface area (Å²) >= 11 is 9.29. The minimum atomic E-state index is -0.0708. The molecule has 20 heavy (non-hydrogen) atoms. The van der Waals surface area contributed by atoms with Crippen LogP contribution >= 0.6 is 27.5 Å². The minimum absolute atomic E-state index is 0.0708. The lowest BCUT2D eigenvalue weighted by Crippen LogP contribution is -2.39. The van der Waals surface area contributed by atoms with Crippen molar-refractivity contribution in [3.63, 3.8) is 0 Å². The lowest BCUT2D eigenvalue weighted by Gasteiger charge is -2.30. The zero-order valence-corrected chi connectivity index (χ0v) is 14.0. The van der Waals surface area contributed by atoms with Gasteiger partial charge in [-0.1, -0.05) is 34.5 Å². The molecule has 0 unspecified atom stereocenters. The summed E-state index contributed by atoms with van der Waals surface area (Å²) in [6.07, 6.45) is 2.52. The molecule has 0 aromatic heterocycles. The van der Waals surface area contributed by atoms with Gasteiger partial charge in [-0.2, -0.15) is 0 Å². The molecule has 1 heterocycles. The van der Waals surface area contributed by atoms with Crippen LogP contribution in [-0.4, -0.2) is 37.0 Å². The smallest absolute Gasteiger partial charge is 0.251 e. The van der Waals surface area contributed by atoms with Crippen molar-refractivity contribution in [1.29, 1.82) is 0 Å². The Bertz CT molecular complexity index is 453. The number of benzene rings is 1. The number of piperidine rings is 1. The van der Waals surface area contributed by atoms with Crippen LogP contribution in [0.1, 0.15) is 30.1 Å². The maximum absolute atomic E-state index is 12.0. The van der Waals surface area contributed by atoms with Gasteiger partial charge in [-0.3, -0.25) is 4.79 Å². The summed E-state index contributed by atoms with van der Waals surface area (Å²) < 4.78 is 0.820. The number of carbonyl (C=O) groups is 1. The zero-order chi connectivity index (χ0) is 14.5. The first-order valence-corrected chi connectivity index (χ1v) is 8.18. The molecule has 2 rings (SSSR count). The molecule has 1 aromatic carbocycles. The molecule has 0 bridgehead atoms. The molecule has 0 aliphatic carbocycles. The summed E-state index contributed by atoms with van der Waals surface area (Å²) in [5.41, 5.74) is 0.594. The number of hydrogen-bond donors (Lipinski definition) is 1. The molecule has 1 saturated heterocycles. The van der Waals surface area contributed by atoms with Crippen LogP contribution in [0.5, 0.6) is 0 Å². The number of nitrogens with zero attached hydrogens (tertiary/aromatic N) is 1. The molecule has 5 heteroatoms. The highest BCUT2D eigenvalue weighted by atomic mass is 79.9. The van der Waals surface area contributed by atoms with Crippen molar-refractivity contribution in [2.75, 3.05) is 26.2 Å². The summed E-state index contributed by atoms with van der Waals surface area (Å²) in [6.45, 7) is 6.17. The van der Waals surface area contributed by atoms with E-state index >= 15 is 0 Å². The number of rotatable bonds is 4. The fraction of sp³-hybridized carbons (Fsp3) is 0.533. The van der Waals surface area contributed by atoms with Gasteiger partial charge in [0.1, 0.15) is 0 Å². The van der Waals surface area contributed by atoms with Crippen LogP contribution in [0.15, 0.2) is 22.7 Å². The monoisotopic (exact) mass is 358 g/mol. The van der Waals surface area contributed by atoms with Gasteiger partial charge in [0, 0.05) is 28.1 Å². The van der Waals surface area contributed by atoms with Gasteiger partial charge in [-0.15, -0.1) is 0 Å². The fourth-order valence-electron chi connectivity index (χ4n) is 2.40. The van der Waals surface area contributed by atoms with Crippen LogP contribution in [0, 0.1) is 5.92 Å². The quantitative estimate of drug-likeness (QED) is 0.891. The van der Waals surface area contributed by atoms with Gasteiger partial charge in [0.15, 0.2) is 0 Å². The summed E-state index contributed by atoms with van der Waals surface area (Å²) in [7, 11) is 0. The number of nitrogens with one attached hydrogen (secondary N) is 1. The van der Waals surface area contributed by atoms with E-state index in [1.54, 1.807) is 18.2 Å². The van der Waals surface area contributed by atoms with Crippen LogP contribution in [0.3, 0.4) is 0 Å². The third-order valence-electron chi connectivity index (χ3n) is 3.71. The number of likely N-dealkylation sites (tertiary alicyclic amines) is 1.